The molecule has 7 heteroatoms. The molecule has 1 heterocycles. The summed E-state index contributed by atoms with van der Waals surface area (Å²) in [5, 5.41) is 0. The Morgan fingerprint density at radius 3 is 2.21 bits per heavy atom. The number of hydrogen-bond acceptors (Lipinski definition) is 5. The van der Waals surface area contributed by atoms with Crippen molar-refractivity contribution >= 4 is 18.3 Å². The maximum Gasteiger partial charge on any atom is 0.230 e. The minimum atomic E-state index is -0.504. The maximum atomic E-state index is 12.9. The zero-order chi connectivity index (χ0) is 16.9. The van der Waals surface area contributed by atoms with Gasteiger partial charge in [0, 0.05) is 39.4 Å². The number of nitrogens with zero attached hydrogens (tertiary/aromatic N) is 1. The molecule has 1 aromatic rings. The molecule has 2 N–H and O–H groups in total. The molecule has 2 rings (SSSR count). The Kier molecular flexibility index (Phi) is 7.79. The Balaban J connectivity index is 0.00000288. The van der Waals surface area contributed by atoms with Gasteiger partial charge in [-0.3, -0.25) is 4.79 Å². The van der Waals surface area contributed by atoms with Crippen LogP contribution in [0.3, 0.4) is 0 Å². The number of benzene rings is 1. The van der Waals surface area contributed by atoms with Crippen LogP contribution in [0.25, 0.3) is 0 Å². The van der Waals surface area contributed by atoms with E-state index in [-0.39, 0.29) is 18.3 Å². The fourth-order valence-corrected chi connectivity index (χ4v) is 2.98. The van der Waals surface area contributed by atoms with Gasteiger partial charge in [0.2, 0.25) is 5.91 Å². The van der Waals surface area contributed by atoms with E-state index in [1.54, 1.807) is 26.2 Å². The zero-order valence-corrected chi connectivity index (χ0v) is 15.4. The third-order valence-electron chi connectivity index (χ3n) is 4.47. The SMILES string of the molecule is COc1cc(CN(C)C(=O)C2(CN)CCOCC2)cc(OC)c1.Cl. The molecule has 1 aliphatic heterocycles. The molecule has 0 spiro atoms. The highest BCUT2D eigenvalue weighted by Crippen LogP contribution is 2.32. The van der Waals surface area contributed by atoms with Gasteiger partial charge in [0.15, 0.2) is 0 Å². The van der Waals surface area contributed by atoms with Crippen LogP contribution in [-0.2, 0) is 16.1 Å². The highest BCUT2D eigenvalue weighted by Gasteiger charge is 2.40. The molecule has 0 aromatic heterocycles. The van der Waals surface area contributed by atoms with Crippen LogP contribution in [0, 0.1) is 5.41 Å². The lowest BCUT2D eigenvalue weighted by molar-refractivity contribution is -0.146. The maximum absolute atomic E-state index is 12.9. The lowest BCUT2D eigenvalue weighted by atomic mass is 9.79. The molecule has 0 radical (unpaired) electrons. The fraction of sp³-hybridized carbons (Fsp3) is 0.588. The van der Waals surface area contributed by atoms with Crippen LogP contribution in [0.4, 0.5) is 0 Å². The first-order valence-electron chi connectivity index (χ1n) is 7.80. The lowest BCUT2D eigenvalue weighted by Crippen LogP contribution is -2.49. The van der Waals surface area contributed by atoms with Gasteiger partial charge in [0.1, 0.15) is 11.5 Å². The van der Waals surface area contributed by atoms with Crippen molar-refractivity contribution in [1.82, 2.24) is 4.90 Å². The van der Waals surface area contributed by atoms with E-state index in [9.17, 15) is 4.79 Å². The predicted molar refractivity (Wildman–Crippen MR) is 94.8 cm³/mol. The standard InChI is InChI=1S/C17H26N2O4.ClH/c1-19(16(20)17(12-18)4-6-23-7-5-17)11-13-8-14(21-2)10-15(9-13)22-3;/h8-10H,4-7,11-12,18H2,1-3H3;1H. The molecule has 24 heavy (non-hydrogen) atoms. The molecule has 6 nitrogen and oxygen atoms in total. The normalized spacial score (nSPS) is 16.0. The van der Waals surface area contributed by atoms with Crippen molar-refractivity contribution in [3.05, 3.63) is 23.8 Å². The first kappa shape index (κ1) is 20.5. The Labute approximate surface area is 149 Å². The third-order valence-corrected chi connectivity index (χ3v) is 4.47. The molecule has 1 aromatic carbocycles. The van der Waals surface area contributed by atoms with Crippen LogP contribution in [0.5, 0.6) is 11.5 Å². The van der Waals surface area contributed by atoms with Crippen molar-refractivity contribution in [2.75, 3.05) is 41.0 Å². The fourth-order valence-electron chi connectivity index (χ4n) is 2.98. The molecule has 1 saturated heterocycles. The molecule has 0 bridgehead atoms. The minimum absolute atomic E-state index is 0. The molecule has 1 aliphatic rings. The molecule has 1 amide bonds. The first-order chi connectivity index (χ1) is 11.0. The third kappa shape index (κ3) is 4.53. The number of ether oxygens (including phenoxy) is 3. The molecular weight excluding hydrogens is 332 g/mol. The van der Waals surface area contributed by atoms with E-state index in [2.05, 4.69) is 0 Å². The molecular formula is C17H27ClN2O4. The van der Waals surface area contributed by atoms with Crippen molar-refractivity contribution < 1.29 is 19.0 Å². The van der Waals surface area contributed by atoms with Gasteiger partial charge in [-0.15, -0.1) is 12.4 Å². The minimum Gasteiger partial charge on any atom is -0.497 e. The highest BCUT2D eigenvalue weighted by atomic mass is 35.5. The van der Waals surface area contributed by atoms with Crippen molar-refractivity contribution in [2.45, 2.75) is 19.4 Å². The van der Waals surface area contributed by atoms with E-state index < -0.39 is 5.41 Å². The van der Waals surface area contributed by atoms with Crippen LogP contribution >= 0.6 is 12.4 Å². The van der Waals surface area contributed by atoms with Crippen LogP contribution in [-0.4, -0.2) is 51.8 Å². The molecule has 0 unspecified atom stereocenters. The van der Waals surface area contributed by atoms with Gasteiger partial charge >= 0.3 is 0 Å². The first-order valence-corrected chi connectivity index (χ1v) is 7.80. The second kappa shape index (κ2) is 9.11. The molecule has 1 fully saturated rings. The second-order valence-electron chi connectivity index (χ2n) is 5.98. The van der Waals surface area contributed by atoms with Gasteiger partial charge in [-0.2, -0.15) is 0 Å². The summed E-state index contributed by atoms with van der Waals surface area (Å²) in [6.07, 6.45) is 1.35. The Morgan fingerprint density at radius 1 is 1.21 bits per heavy atom. The number of rotatable bonds is 6. The second-order valence-corrected chi connectivity index (χ2v) is 5.98. The summed E-state index contributed by atoms with van der Waals surface area (Å²) in [5.41, 5.74) is 6.37. The summed E-state index contributed by atoms with van der Waals surface area (Å²) in [6, 6.07) is 5.63. The van der Waals surface area contributed by atoms with Crippen LogP contribution in [0.2, 0.25) is 0 Å². The van der Waals surface area contributed by atoms with Crippen LogP contribution in [0.15, 0.2) is 18.2 Å². The Hall–Kier alpha value is -1.50. The van der Waals surface area contributed by atoms with Gasteiger partial charge in [0.05, 0.1) is 19.6 Å². The number of amides is 1. The van der Waals surface area contributed by atoms with Gasteiger partial charge in [-0.25, -0.2) is 0 Å². The molecule has 0 atom stereocenters. The monoisotopic (exact) mass is 358 g/mol. The Bertz CT molecular complexity index is 525. The van der Waals surface area contributed by atoms with E-state index in [4.69, 9.17) is 19.9 Å². The number of halogens is 1. The Morgan fingerprint density at radius 2 is 1.75 bits per heavy atom. The summed E-state index contributed by atoms with van der Waals surface area (Å²) in [4.78, 5) is 14.6. The van der Waals surface area contributed by atoms with Crippen molar-refractivity contribution in [3.8, 4) is 11.5 Å². The summed E-state index contributed by atoms with van der Waals surface area (Å²) < 4.78 is 15.9. The molecule has 0 aliphatic carbocycles. The number of hydrogen-bond donors (Lipinski definition) is 1. The van der Waals surface area contributed by atoms with Gasteiger partial charge in [-0.1, -0.05) is 0 Å². The molecule has 136 valence electrons. The zero-order valence-electron chi connectivity index (χ0n) is 14.5. The smallest absolute Gasteiger partial charge is 0.230 e. The van der Waals surface area contributed by atoms with Gasteiger partial charge < -0.3 is 24.8 Å². The highest BCUT2D eigenvalue weighted by molar-refractivity contribution is 5.85. The summed E-state index contributed by atoms with van der Waals surface area (Å²) >= 11 is 0. The largest absolute Gasteiger partial charge is 0.497 e. The van der Waals surface area contributed by atoms with Crippen molar-refractivity contribution in [1.29, 1.82) is 0 Å². The average molecular weight is 359 g/mol. The average Bonchev–Trinajstić information content (AvgIpc) is 2.61. The molecule has 0 saturated carbocycles. The number of nitrogens with two attached hydrogens (primary N) is 1. The van der Waals surface area contributed by atoms with E-state index in [0.717, 1.165) is 5.56 Å². The van der Waals surface area contributed by atoms with Crippen LogP contribution < -0.4 is 15.2 Å². The number of carbonyl (C=O) groups excluding carboxylic acids is 1. The van der Waals surface area contributed by atoms with E-state index >= 15 is 0 Å². The summed E-state index contributed by atoms with van der Waals surface area (Å²) in [7, 11) is 5.03. The lowest BCUT2D eigenvalue weighted by Gasteiger charge is -2.37. The topological polar surface area (TPSA) is 74.0 Å². The van der Waals surface area contributed by atoms with Gasteiger partial charge in [0.25, 0.3) is 0 Å². The van der Waals surface area contributed by atoms with Crippen molar-refractivity contribution in [2.24, 2.45) is 11.1 Å². The van der Waals surface area contributed by atoms with Crippen molar-refractivity contribution in [3.63, 3.8) is 0 Å². The van der Waals surface area contributed by atoms with E-state index in [1.807, 2.05) is 18.2 Å². The van der Waals surface area contributed by atoms with Gasteiger partial charge in [-0.05, 0) is 30.5 Å². The number of methoxy groups -OCH3 is 2. The summed E-state index contributed by atoms with van der Waals surface area (Å²) in [5.74, 6) is 1.49. The predicted octanol–water partition coefficient (Wildman–Crippen LogP) is 1.84. The number of carbonyl (C=O) groups is 1. The van der Waals surface area contributed by atoms with E-state index in [0.29, 0.717) is 50.6 Å². The van der Waals surface area contributed by atoms with Crippen LogP contribution in [0.1, 0.15) is 18.4 Å². The summed E-state index contributed by atoms with van der Waals surface area (Å²) in [6.45, 7) is 2.00. The quantitative estimate of drug-likeness (QED) is 0.839. The van der Waals surface area contributed by atoms with E-state index in [1.165, 1.54) is 0 Å².